The molecule has 1 amide bonds. The standard InChI is InChI=1S/C21H22BrNO4/c1-3-27-21(25)18(13-15-7-5-4-6-8-15)23-20(24)12-9-16-14-17(22)10-11-19(16)26-2/h4-12,14,18H,3,13H2,1-2H3,(H,23,24)/b12-9+. The summed E-state index contributed by atoms with van der Waals surface area (Å²) < 4.78 is 11.2. The number of carbonyl (C=O) groups is 2. The van der Waals surface area contributed by atoms with Crippen LogP contribution >= 0.6 is 15.9 Å². The second-order valence-electron chi connectivity index (χ2n) is 5.72. The Kier molecular flexibility index (Phi) is 8.07. The first-order valence-electron chi connectivity index (χ1n) is 8.56. The molecule has 0 aliphatic heterocycles. The second-order valence-corrected chi connectivity index (χ2v) is 6.64. The lowest BCUT2D eigenvalue weighted by atomic mass is 10.1. The van der Waals surface area contributed by atoms with Crippen molar-refractivity contribution in [3.05, 3.63) is 70.2 Å². The van der Waals surface area contributed by atoms with Crippen molar-refractivity contribution in [1.82, 2.24) is 5.32 Å². The zero-order valence-corrected chi connectivity index (χ0v) is 16.9. The normalized spacial score (nSPS) is 11.8. The molecule has 142 valence electrons. The van der Waals surface area contributed by atoms with Crippen LogP contribution in [0.4, 0.5) is 0 Å². The van der Waals surface area contributed by atoms with Gasteiger partial charge < -0.3 is 14.8 Å². The summed E-state index contributed by atoms with van der Waals surface area (Å²) in [5, 5.41) is 2.72. The highest BCUT2D eigenvalue weighted by molar-refractivity contribution is 9.10. The third-order valence-electron chi connectivity index (χ3n) is 3.78. The van der Waals surface area contributed by atoms with Crippen molar-refractivity contribution in [2.45, 2.75) is 19.4 Å². The second kappa shape index (κ2) is 10.5. The lowest BCUT2D eigenvalue weighted by molar-refractivity contribution is -0.146. The molecule has 5 nitrogen and oxygen atoms in total. The monoisotopic (exact) mass is 431 g/mol. The van der Waals surface area contributed by atoms with Crippen LogP contribution in [-0.4, -0.2) is 31.6 Å². The van der Waals surface area contributed by atoms with Gasteiger partial charge in [0.1, 0.15) is 11.8 Å². The average Bonchev–Trinajstić information content (AvgIpc) is 2.67. The highest BCUT2D eigenvalue weighted by atomic mass is 79.9. The molecule has 2 rings (SSSR count). The molecule has 0 bridgehead atoms. The molecule has 27 heavy (non-hydrogen) atoms. The number of rotatable bonds is 8. The van der Waals surface area contributed by atoms with E-state index < -0.39 is 12.0 Å². The minimum absolute atomic E-state index is 0.255. The molecule has 1 unspecified atom stereocenters. The Bertz CT molecular complexity index is 805. The van der Waals surface area contributed by atoms with Gasteiger partial charge in [0, 0.05) is 22.5 Å². The highest BCUT2D eigenvalue weighted by Gasteiger charge is 2.21. The molecule has 0 fully saturated rings. The number of hydrogen-bond acceptors (Lipinski definition) is 4. The van der Waals surface area contributed by atoms with Gasteiger partial charge in [-0.25, -0.2) is 4.79 Å². The van der Waals surface area contributed by atoms with Crippen LogP contribution < -0.4 is 10.1 Å². The molecule has 1 atom stereocenters. The molecule has 0 aromatic heterocycles. The van der Waals surface area contributed by atoms with Crippen LogP contribution in [0.15, 0.2) is 59.1 Å². The van der Waals surface area contributed by atoms with E-state index in [1.807, 2.05) is 42.5 Å². The maximum atomic E-state index is 12.4. The number of benzene rings is 2. The number of methoxy groups -OCH3 is 1. The van der Waals surface area contributed by atoms with Gasteiger partial charge in [-0.1, -0.05) is 46.3 Å². The van der Waals surface area contributed by atoms with E-state index in [0.717, 1.165) is 15.6 Å². The Labute approximate surface area is 167 Å². The summed E-state index contributed by atoms with van der Waals surface area (Å²) >= 11 is 3.40. The lowest BCUT2D eigenvalue weighted by Crippen LogP contribution is -2.42. The minimum atomic E-state index is -0.756. The topological polar surface area (TPSA) is 64.6 Å². The van der Waals surface area contributed by atoms with E-state index >= 15 is 0 Å². The molecule has 0 spiro atoms. The first kappa shape index (κ1) is 20.7. The van der Waals surface area contributed by atoms with Crippen molar-refractivity contribution in [3.63, 3.8) is 0 Å². The fourth-order valence-electron chi connectivity index (χ4n) is 2.51. The van der Waals surface area contributed by atoms with Crippen molar-refractivity contribution in [3.8, 4) is 5.75 Å². The molecule has 1 N–H and O–H groups in total. The summed E-state index contributed by atoms with van der Waals surface area (Å²) in [6, 6.07) is 14.2. The molecule has 2 aromatic rings. The molecular weight excluding hydrogens is 410 g/mol. The van der Waals surface area contributed by atoms with Crippen LogP contribution in [0.25, 0.3) is 6.08 Å². The third-order valence-corrected chi connectivity index (χ3v) is 4.27. The smallest absolute Gasteiger partial charge is 0.328 e. The molecule has 0 saturated heterocycles. The van der Waals surface area contributed by atoms with Crippen LogP contribution in [0.3, 0.4) is 0 Å². The summed E-state index contributed by atoms with van der Waals surface area (Å²) in [6.07, 6.45) is 3.38. The van der Waals surface area contributed by atoms with Crippen LogP contribution in [-0.2, 0) is 20.7 Å². The van der Waals surface area contributed by atoms with Crippen molar-refractivity contribution in [2.75, 3.05) is 13.7 Å². The van der Waals surface area contributed by atoms with E-state index in [4.69, 9.17) is 9.47 Å². The van der Waals surface area contributed by atoms with Crippen molar-refractivity contribution < 1.29 is 19.1 Å². The van der Waals surface area contributed by atoms with Crippen molar-refractivity contribution >= 4 is 33.9 Å². The summed E-state index contributed by atoms with van der Waals surface area (Å²) in [4.78, 5) is 24.6. The molecule has 0 aliphatic carbocycles. The summed E-state index contributed by atoms with van der Waals surface area (Å²) in [6.45, 7) is 1.99. The first-order chi connectivity index (χ1) is 13.0. The van der Waals surface area contributed by atoms with Crippen molar-refractivity contribution in [1.29, 1.82) is 0 Å². The average molecular weight is 432 g/mol. The predicted octanol–water partition coefficient (Wildman–Crippen LogP) is 3.76. The summed E-state index contributed by atoms with van der Waals surface area (Å²) in [5.41, 5.74) is 1.69. The third kappa shape index (κ3) is 6.57. The van der Waals surface area contributed by atoms with E-state index in [-0.39, 0.29) is 12.5 Å². The van der Waals surface area contributed by atoms with E-state index in [1.165, 1.54) is 6.08 Å². The maximum absolute atomic E-state index is 12.4. The predicted molar refractivity (Wildman–Crippen MR) is 108 cm³/mol. The quantitative estimate of drug-likeness (QED) is 0.510. The Morgan fingerprint density at radius 1 is 1.19 bits per heavy atom. The first-order valence-corrected chi connectivity index (χ1v) is 9.35. The molecular formula is C21H22BrNO4. The van der Waals surface area contributed by atoms with E-state index in [0.29, 0.717) is 12.2 Å². The molecule has 0 radical (unpaired) electrons. The Hall–Kier alpha value is -2.60. The SMILES string of the molecule is CCOC(=O)C(Cc1ccccc1)NC(=O)/C=C/c1cc(Br)ccc1OC. The Balaban J connectivity index is 2.10. The molecule has 0 aliphatic rings. The highest BCUT2D eigenvalue weighted by Crippen LogP contribution is 2.24. The summed E-state index contributed by atoms with van der Waals surface area (Å²) in [7, 11) is 1.57. The van der Waals surface area contributed by atoms with Gasteiger partial charge in [0.05, 0.1) is 13.7 Å². The van der Waals surface area contributed by atoms with Gasteiger partial charge in [0.2, 0.25) is 5.91 Å². The molecule has 0 saturated carbocycles. The van der Waals surface area contributed by atoms with Gasteiger partial charge in [-0.15, -0.1) is 0 Å². The fraction of sp³-hybridized carbons (Fsp3) is 0.238. The van der Waals surface area contributed by atoms with Gasteiger partial charge in [0.25, 0.3) is 0 Å². The van der Waals surface area contributed by atoms with Gasteiger partial charge >= 0.3 is 5.97 Å². The molecule has 2 aromatic carbocycles. The van der Waals surface area contributed by atoms with Gasteiger partial charge in [-0.2, -0.15) is 0 Å². The van der Waals surface area contributed by atoms with E-state index in [2.05, 4.69) is 21.2 Å². The number of nitrogens with one attached hydrogen (secondary N) is 1. The number of ether oxygens (including phenoxy) is 2. The van der Waals surface area contributed by atoms with Crippen LogP contribution in [0, 0.1) is 0 Å². The number of hydrogen-bond donors (Lipinski definition) is 1. The van der Waals surface area contributed by atoms with Crippen LogP contribution in [0.5, 0.6) is 5.75 Å². The Morgan fingerprint density at radius 2 is 1.93 bits per heavy atom. The molecule has 6 heteroatoms. The minimum Gasteiger partial charge on any atom is -0.496 e. The largest absolute Gasteiger partial charge is 0.496 e. The van der Waals surface area contributed by atoms with Gasteiger partial charge in [0.15, 0.2) is 0 Å². The number of halogens is 1. The Morgan fingerprint density at radius 3 is 2.59 bits per heavy atom. The van der Waals surface area contributed by atoms with Crippen LogP contribution in [0.2, 0.25) is 0 Å². The van der Waals surface area contributed by atoms with E-state index in [9.17, 15) is 9.59 Å². The fourth-order valence-corrected chi connectivity index (χ4v) is 2.89. The zero-order chi connectivity index (χ0) is 19.6. The van der Waals surface area contributed by atoms with E-state index in [1.54, 1.807) is 26.2 Å². The molecule has 0 heterocycles. The lowest BCUT2D eigenvalue weighted by Gasteiger charge is -2.16. The van der Waals surface area contributed by atoms with Crippen LogP contribution in [0.1, 0.15) is 18.1 Å². The number of esters is 1. The zero-order valence-electron chi connectivity index (χ0n) is 15.3. The van der Waals surface area contributed by atoms with Gasteiger partial charge in [-0.3, -0.25) is 4.79 Å². The number of amides is 1. The number of carbonyl (C=O) groups excluding carboxylic acids is 2. The maximum Gasteiger partial charge on any atom is 0.328 e. The summed E-state index contributed by atoms with van der Waals surface area (Å²) in [5.74, 6) is -0.192. The van der Waals surface area contributed by atoms with Gasteiger partial charge in [-0.05, 0) is 36.8 Å². The van der Waals surface area contributed by atoms with Crippen molar-refractivity contribution in [2.24, 2.45) is 0 Å².